The van der Waals surface area contributed by atoms with Crippen molar-refractivity contribution in [2.45, 2.75) is 58.8 Å². The summed E-state index contributed by atoms with van der Waals surface area (Å²) in [7, 11) is 0. The van der Waals surface area contributed by atoms with Gasteiger partial charge in [0, 0.05) is 0 Å². The van der Waals surface area contributed by atoms with Crippen molar-refractivity contribution in [3.05, 3.63) is 71.0 Å². The van der Waals surface area contributed by atoms with Crippen LogP contribution in [0.2, 0.25) is 0 Å². The number of nitrogens with one attached hydrogen (secondary N) is 1. The summed E-state index contributed by atoms with van der Waals surface area (Å²) in [6, 6.07) is 14.8. The Kier molecular flexibility index (Phi) is 6.70. The number of aliphatic hydroxyl groups is 1. The minimum Gasteiger partial charge on any atom is -0.444 e. The van der Waals surface area contributed by atoms with Gasteiger partial charge in [0.25, 0.3) is 0 Å². The van der Waals surface area contributed by atoms with Crippen molar-refractivity contribution >= 4 is 6.09 Å². The normalized spacial score (nSPS) is 13.5. The van der Waals surface area contributed by atoms with Crippen LogP contribution in [0.25, 0.3) is 5.69 Å². The molecule has 2 aromatic carbocycles. The number of carbonyl (C=O) groups is 1. The molecule has 8 nitrogen and oxygen atoms in total. The summed E-state index contributed by atoms with van der Waals surface area (Å²) in [6.07, 6.45) is -1.40. The Morgan fingerprint density at radius 2 is 1.74 bits per heavy atom. The van der Waals surface area contributed by atoms with Crippen molar-refractivity contribution in [2.24, 2.45) is 0 Å². The molecule has 0 fully saturated rings. The maximum atomic E-state index is 12.5. The first-order chi connectivity index (χ1) is 14.7. The molecule has 1 amide bonds. The van der Waals surface area contributed by atoms with Gasteiger partial charge in [-0.15, -0.1) is 5.10 Å². The van der Waals surface area contributed by atoms with E-state index in [1.54, 1.807) is 20.8 Å². The number of hydrogen-bond donors (Lipinski definition) is 2. The zero-order valence-electron chi connectivity index (χ0n) is 18.5. The molecule has 0 bridgehead atoms. The average Bonchev–Trinajstić information content (AvgIpc) is 3.15. The van der Waals surface area contributed by atoms with E-state index in [2.05, 4.69) is 20.8 Å². The fraction of sp³-hybridized carbons (Fsp3) is 0.391. The molecule has 2 atom stereocenters. The fourth-order valence-corrected chi connectivity index (χ4v) is 3.43. The predicted molar refractivity (Wildman–Crippen MR) is 117 cm³/mol. The topological polar surface area (TPSA) is 102 Å². The van der Waals surface area contributed by atoms with Crippen molar-refractivity contribution < 1.29 is 14.6 Å². The Balaban J connectivity index is 1.94. The Labute approximate surface area is 182 Å². The molecule has 31 heavy (non-hydrogen) atoms. The summed E-state index contributed by atoms with van der Waals surface area (Å²) in [5.41, 5.74) is 3.04. The minimum atomic E-state index is -1.17. The van der Waals surface area contributed by atoms with Gasteiger partial charge in [0.05, 0.1) is 11.7 Å². The smallest absolute Gasteiger partial charge is 0.407 e. The van der Waals surface area contributed by atoms with Gasteiger partial charge in [-0.2, -0.15) is 4.68 Å². The second kappa shape index (κ2) is 9.26. The van der Waals surface area contributed by atoms with E-state index in [1.165, 1.54) is 4.68 Å². The molecule has 8 heteroatoms. The third kappa shape index (κ3) is 5.67. The highest BCUT2D eigenvalue weighted by molar-refractivity contribution is 5.68. The first-order valence-corrected chi connectivity index (χ1v) is 10.2. The van der Waals surface area contributed by atoms with Crippen molar-refractivity contribution in [3.63, 3.8) is 0 Å². The third-order valence-electron chi connectivity index (χ3n) is 4.79. The number of benzene rings is 2. The standard InChI is InChI=1S/C23H29N5O3/c1-15-10-9-11-16(2)19(15)28-21(25-26-27-28)20(29)18(14-17-12-7-6-8-13-17)24-22(30)31-23(3,4)5/h6-13,18,20,29H,14H2,1-5H3,(H,24,30)/t18-,20+/m0/s1. The first kappa shape index (κ1) is 22.4. The number of amides is 1. The zero-order chi connectivity index (χ0) is 22.6. The van der Waals surface area contributed by atoms with Crippen LogP contribution in [0.1, 0.15) is 49.4 Å². The van der Waals surface area contributed by atoms with Crippen LogP contribution < -0.4 is 5.32 Å². The molecular weight excluding hydrogens is 394 g/mol. The predicted octanol–water partition coefficient (Wildman–Crippen LogP) is 3.45. The van der Waals surface area contributed by atoms with Crippen LogP contribution in [-0.2, 0) is 11.2 Å². The molecule has 0 spiro atoms. The highest BCUT2D eigenvalue weighted by Crippen LogP contribution is 2.24. The number of rotatable bonds is 6. The number of tetrazole rings is 1. The van der Waals surface area contributed by atoms with Crippen LogP contribution in [0, 0.1) is 13.8 Å². The lowest BCUT2D eigenvalue weighted by atomic mass is 10.0. The zero-order valence-corrected chi connectivity index (χ0v) is 18.5. The average molecular weight is 424 g/mol. The maximum Gasteiger partial charge on any atom is 0.407 e. The molecule has 164 valence electrons. The summed E-state index contributed by atoms with van der Waals surface area (Å²) >= 11 is 0. The summed E-state index contributed by atoms with van der Waals surface area (Å²) in [4.78, 5) is 12.5. The second-order valence-electron chi connectivity index (χ2n) is 8.58. The summed E-state index contributed by atoms with van der Waals surface area (Å²) in [5.74, 6) is 0.245. The van der Waals surface area contributed by atoms with Crippen molar-refractivity contribution in [2.75, 3.05) is 0 Å². The van der Waals surface area contributed by atoms with Gasteiger partial charge in [0.15, 0.2) is 5.82 Å². The number of para-hydroxylation sites is 1. The quantitative estimate of drug-likeness (QED) is 0.630. The number of hydrogen-bond acceptors (Lipinski definition) is 6. The van der Waals surface area contributed by atoms with Crippen LogP contribution in [0.4, 0.5) is 4.79 Å². The lowest BCUT2D eigenvalue weighted by Crippen LogP contribution is -2.44. The van der Waals surface area contributed by atoms with Gasteiger partial charge in [0.1, 0.15) is 11.7 Å². The Hall–Kier alpha value is -3.26. The fourth-order valence-electron chi connectivity index (χ4n) is 3.43. The molecule has 0 saturated heterocycles. The first-order valence-electron chi connectivity index (χ1n) is 10.2. The van der Waals surface area contributed by atoms with Crippen molar-refractivity contribution in [1.82, 2.24) is 25.5 Å². The Morgan fingerprint density at radius 3 is 2.35 bits per heavy atom. The van der Waals surface area contributed by atoms with Gasteiger partial charge in [-0.05, 0) is 68.2 Å². The Bertz CT molecular complexity index is 1010. The van der Waals surface area contributed by atoms with Gasteiger partial charge >= 0.3 is 6.09 Å². The largest absolute Gasteiger partial charge is 0.444 e. The van der Waals surface area contributed by atoms with Gasteiger partial charge in [-0.3, -0.25) is 0 Å². The number of aliphatic hydroxyl groups excluding tert-OH is 1. The number of nitrogens with zero attached hydrogens (tertiary/aromatic N) is 4. The highest BCUT2D eigenvalue weighted by atomic mass is 16.6. The summed E-state index contributed by atoms with van der Waals surface area (Å²) < 4.78 is 6.94. The van der Waals surface area contributed by atoms with E-state index in [0.717, 1.165) is 22.4 Å². The minimum absolute atomic E-state index is 0.245. The van der Waals surface area contributed by atoms with Gasteiger partial charge in [0.2, 0.25) is 0 Å². The van der Waals surface area contributed by atoms with Gasteiger partial charge in [-0.25, -0.2) is 4.79 Å². The van der Waals surface area contributed by atoms with E-state index in [9.17, 15) is 9.90 Å². The lowest BCUT2D eigenvalue weighted by Gasteiger charge is -2.26. The molecule has 0 aliphatic heterocycles. The molecule has 3 aromatic rings. The van der Waals surface area contributed by atoms with Crippen molar-refractivity contribution in [3.8, 4) is 5.69 Å². The SMILES string of the molecule is Cc1cccc(C)c1-n1nnnc1[C@H](O)[C@H](Cc1ccccc1)NC(=O)OC(C)(C)C. The third-order valence-corrected chi connectivity index (χ3v) is 4.79. The highest BCUT2D eigenvalue weighted by Gasteiger charge is 2.30. The molecule has 3 rings (SSSR count). The van der Waals surface area contributed by atoms with Gasteiger partial charge in [-0.1, -0.05) is 48.5 Å². The van der Waals surface area contributed by atoms with E-state index in [4.69, 9.17) is 4.74 Å². The Morgan fingerprint density at radius 1 is 1.10 bits per heavy atom. The molecule has 0 radical (unpaired) electrons. The monoisotopic (exact) mass is 423 g/mol. The van der Waals surface area contributed by atoms with E-state index in [1.807, 2.05) is 62.4 Å². The molecule has 1 heterocycles. The second-order valence-corrected chi connectivity index (χ2v) is 8.58. The summed E-state index contributed by atoms with van der Waals surface area (Å²) in [5, 5.41) is 26.0. The van der Waals surface area contributed by atoms with Gasteiger partial charge < -0.3 is 15.2 Å². The molecule has 2 N–H and O–H groups in total. The lowest BCUT2D eigenvalue weighted by molar-refractivity contribution is 0.0410. The summed E-state index contributed by atoms with van der Waals surface area (Å²) in [6.45, 7) is 9.28. The van der Waals surface area contributed by atoms with Crippen LogP contribution in [-0.4, -0.2) is 43.0 Å². The molecule has 0 saturated carbocycles. The molecule has 1 aromatic heterocycles. The van der Waals surface area contributed by atoms with E-state index < -0.39 is 23.8 Å². The maximum absolute atomic E-state index is 12.5. The number of aromatic nitrogens is 4. The number of aryl methyl sites for hydroxylation is 2. The molecular formula is C23H29N5O3. The molecule has 0 aliphatic rings. The van der Waals surface area contributed by atoms with Crippen LogP contribution in [0.15, 0.2) is 48.5 Å². The van der Waals surface area contributed by atoms with Crippen molar-refractivity contribution in [1.29, 1.82) is 0 Å². The molecule has 0 unspecified atom stereocenters. The number of ether oxygens (including phenoxy) is 1. The molecule has 0 aliphatic carbocycles. The van der Waals surface area contributed by atoms with E-state index >= 15 is 0 Å². The number of carbonyl (C=O) groups excluding carboxylic acids is 1. The van der Waals surface area contributed by atoms with Crippen LogP contribution in [0.3, 0.4) is 0 Å². The van der Waals surface area contributed by atoms with Crippen LogP contribution >= 0.6 is 0 Å². The van der Waals surface area contributed by atoms with E-state index in [0.29, 0.717) is 6.42 Å². The van der Waals surface area contributed by atoms with E-state index in [-0.39, 0.29) is 5.82 Å². The number of alkyl carbamates (subject to hydrolysis) is 1. The van der Waals surface area contributed by atoms with Crippen LogP contribution in [0.5, 0.6) is 0 Å².